The molecule has 0 radical (unpaired) electrons. The first-order valence-corrected chi connectivity index (χ1v) is 7.15. The van der Waals surface area contributed by atoms with Crippen LogP contribution in [0.25, 0.3) is 5.69 Å². The number of halogens is 5. The minimum absolute atomic E-state index is 0.0577. The molecule has 1 N–H and O–H groups in total. The van der Waals surface area contributed by atoms with Crippen molar-refractivity contribution in [3.8, 4) is 11.4 Å². The van der Waals surface area contributed by atoms with Gasteiger partial charge in [-0.3, -0.25) is 4.79 Å². The first-order valence-electron chi connectivity index (χ1n) is 6.78. The van der Waals surface area contributed by atoms with Gasteiger partial charge in [0.2, 0.25) is 0 Å². The predicted octanol–water partition coefficient (Wildman–Crippen LogP) is 2.66. The molecule has 0 saturated carbocycles. The molecule has 1 aromatic heterocycles. The quantitative estimate of drug-likeness (QED) is 0.791. The molecule has 5 nitrogen and oxygen atoms in total. The molecular formula is C14H9ClF4N2O3. The second-order valence-corrected chi connectivity index (χ2v) is 5.52. The van der Waals surface area contributed by atoms with Crippen LogP contribution in [0.4, 0.5) is 17.6 Å². The van der Waals surface area contributed by atoms with Crippen LogP contribution in [0, 0.1) is 5.82 Å². The van der Waals surface area contributed by atoms with E-state index in [4.69, 9.17) is 16.3 Å². The van der Waals surface area contributed by atoms with E-state index in [1.165, 1.54) is 4.98 Å². The van der Waals surface area contributed by atoms with Crippen molar-refractivity contribution in [3.63, 3.8) is 0 Å². The lowest BCUT2D eigenvalue weighted by molar-refractivity contribution is -0.141. The second kappa shape index (κ2) is 5.66. The summed E-state index contributed by atoms with van der Waals surface area (Å²) in [4.78, 5) is 25.5. The summed E-state index contributed by atoms with van der Waals surface area (Å²) < 4.78 is 57.9. The lowest BCUT2D eigenvalue weighted by atomic mass is 10.0. The highest BCUT2D eigenvalue weighted by Gasteiger charge is 2.34. The van der Waals surface area contributed by atoms with Gasteiger partial charge in [0.1, 0.15) is 11.4 Å². The predicted molar refractivity (Wildman–Crippen MR) is 76.4 cm³/mol. The van der Waals surface area contributed by atoms with Gasteiger partial charge in [-0.05, 0) is 18.9 Å². The molecule has 2 heterocycles. The lowest BCUT2D eigenvalue weighted by Crippen LogP contribution is -2.37. The Morgan fingerprint density at radius 2 is 1.96 bits per heavy atom. The largest absolute Gasteiger partial charge is 0.491 e. The lowest BCUT2D eigenvalue weighted by Gasteiger charge is -2.22. The van der Waals surface area contributed by atoms with E-state index in [0.717, 1.165) is 6.07 Å². The first kappa shape index (κ1) is 16.6. The number of H-pyrrole nitrogens is 1. The first-order chi connectivity index (χ1) is 11.2. The topological polar surface area (TPSA) is 64.1 Å². The Balaban J connectivity index is 2.32. The molecule has 0 amide bonds. The van der Waals surface area contributed by atoms with Gasteiger partial charge in [0.25, 0.3) is 5.56 Å². The van der Waals surface area contributed by atoms with E-state index in [2.05, 4.69) is 0 Å². The van der Waals surface area contributed by atoms with Gasteiger partial charge in [-0.1, -0.05) is 11.6 Å². The molecule has 1 aliphatic heterocycles. The van der Waals surface area contributed by atoms with Crippen molar-refractivity contribution in [2.75, 3.05) is 6.61 Å². The van der Waals surface area contributed by atoms with Crippen LogP contribution in [0.3, 0.4) is 0 Å². The Kier molecular flexibility index (Phi) is 3.90. The summed E-state index contributed by atoms with van der Waals surface area (Å²) in [5.41, 5.74) is -4.42. The van der Waals surface area contributed by atoms with Gasteiger partial charge in [-0.25, -0.2) is 13.8 Å². The monoisotopic (exact) mass is 364 g/mol. The molecule has 0 saturated heterocycles. The normalized spacial score (nSPS) is 14.2. The van der Waals surface area contributed by atoms with Crippen LogP contribution in [-0.4, -0.2) is 16.2 Å². The number of nitrogens with zero attached hydrogens (tertiary/aromatic N) is 1. The maximum atomic E-state index is 14.3. The van der Waals surface area contributed by atoms with E-state index >= 15 is 0 Å². The molecule has 0 unspecified atom stereocenters. The van der Waals surface area contributed by atoms with Gasteiger partial charge in [-0.15, -0.1) is 0 Å². The van der Waals surface area contributed by atoms with Crippen LogP contribution in [0.15, 0.2) is 21.7 Å². The highest BCUT2D eigenvalue weighted by Crippen LogP contribution is 2.37. The number of benzene rings is 1. The van der Waals surface area contributed by atoms with Gasteiger partial charge in [0.05, 0.1) is 11.6 Å². The summed E-state index contributed by atoms with van der Waals surface area (Å²) in [6.45, 7) is 0.201. The number of alkyl halides is 3. The third kappa shape index (κ3) is 2.68. The van der Waals surface area contributed by atoms with Gasteiger partial charge in [0.15, 0.2) is 11.6 Å². The van der Waals surface area contributed by atoms with Crippen molar-refractivity contribution in [2.24, 2.45) is 0 Å². The summed E-state index contributed by atoms with van der Waals surface area (Å²) in [5, 5.41) is 0.0577. The molecule has 1 aliphatic rings. The molecule has 0 bridgehead atoms. The number of aromatic nitrogens is 2. The van der Waals surface area contributed by atoms with Gasteiger partial charge >= 0.3 is 11.9 Å². The SMILES string of the molecule is O=c1cc(C(F)(F)F)[nH]c(=O)n1-c1c(F)cc(Cl)c2c1OCCC2. The number of hydrogen-bond donors (Lipinski definition) is 1. The average Bonchev–Trinajstić information content (AvgIpc) is 2.48. The molecule has 0 aliphatic carbocycles. The van der Waals surface area contributed by atoms with Crippen molar-refractivity contribution in [1.29, 1.82) is 0 Å². The van der Waals surface area contributed by atoms with Gasteiger partial charge in [0, 0.05) is 11.6 Å². The number of fused-ring (bicyclic) bond motifs is 1. The van der Waals surface area contributed by atoms with E-state index in [0.29, 0.717) is 18.4 Å². The van der Waals surface area contributed by atoms with Gasteiger partial charge in [-0.2, -0.15) is 13.2 Å². The maximum absolute atomic E-state index is 14.3. The Morgan fingerprint density at radius 1 is 1.25 bits per heavy atom. The van der Waals surface area contributed by atoms with Crippen molar-refractivity contribution in [3.05, 3.63) is 55.1 Å². The molecule has 128 valence electrons. The zero-order valence-electron chi connectivity index (χ0n) is 11.8. The van der Waals surface area contributed by atoms with Crippen LogP contribution in [-0.2, 0) is 12.6 Å². The Hall–Kier alpha value is -2.29. The molecule has 0 fully saturated rings. The molecular weight excluding hydrogens is 356 g/mol. The number of rotatable bonds is 1. The van der Waals surface area contributed by atoms with Crippen LogP contribution in [0.5, 0.6) is 5.75 Å². The molecule has 2 aromatic rings. The summed E-state index contributed by atoms with van der Waals surface area (Å²) in [7, 11) is 0. The Morgan fingerprint density at radius 3 is 2.58 bits per heavy atom. The molecule has 1 aromatic carbocycles. The second-order valence-electron chi connectivity index (χ2n) is 5.11. The minimum atomic E-state index is -4.91. The van der Waals surface area contributed by atoms with Crippen LogP contribution in [0.2, 0.25) is 5.02 Å². The maximum Gasteiger partial charge on any atom is 0.431 e. The number of ether oxygens (including phenoxy) is 1. The van der Waals surface area contributed by atoms with Crippen LogP contribution < -0.4 is 16.0 Å². The smallest absolute Gasteiger partial charge is 0.431 e. The molecule has 0 spiro atoms. The number of nitrogens with one attached hydrogen (secondary N) is 1. The van der Waals surface area contributed by atoms with Crippen molar-refractivity contribution in [2.45, 2.75) is 19.0 Å². The highest BCUT2D eigenvalue weighted by molar-refractivity contribution is 6.31. The van der Waals surface area contributed by atoms with Crippen molar-refractivity contribution >= 4 is 11.6 Å². The van der Waals surface area contributed by atoms with Crippen LogP contribution >= 0.6 is 11.6 Å². The van der Waals surface area contributed by atoms with E-state index in [9.17, 15) is 27.2 Å². The summed E-state index contributed by atoms with van der Waals surface area (Å²) in [6, 6.07) is 1.08. The standard InChI is InChI=1S/C14H9ClF4N2O3/c15-7-4-8(16)11(12-6(7)2-1-3-24-12)21-10(22)5-9(14(17,18)19)20-13(21)23/h4-5H,1-3H2,(H,20,23). The molecule has 10 heteroatoms. The van der Waals surface area contributed by atoms with Gasteiger partial charge < -0.3 is 9.72 Å². The van der Waals surface area contributed by atoms with E-state index in [1.807, 2.05) is 0 Å². The van der Waals surface area contributed by atoms with Crippen molar-refractivity contribution < 1.29 is 22.3 Å². The Labute approximate surface area is 136 Å². The Bertz CT molecular complexity index is 902. The van der Waals surface area contributed by atoms with Crippen molar-refractivity contribution in [1.82, 2.24) is 9.55 Å². The summed E-state index contributed by atoms with van der Waals surface area (Å²) in [5.74, 6) is -1.16. The highest BCUT2D eigenvalue weighted by atomic mass is 35.5. The third-order valence-corrected chi connectivity index (χ3v) is 3.87. The number of hydrogen-bond acceptors (Lipinski definition) is 3. The average molecular weight is 365 g/mol. The fraction of sp³-hybridized carbons (Fsp3) is 0.286. The van der Waals surface area contributed by atoms with E-state index < -0.39 is 34.6 Å². The fourth-order valence-corrected chi connectivity index (χ4v) is 2.78. The zero-order chi connectivity index (χ0) is 17.6. The minimum Gasteiger partial charge on any atom is -0.491 e. The van der Waals surface area contributed by atoms with E-state index in [1.54, 1.807) is 0 Å². The molecule has 24 heavy (non-hydrogen) atoms. The number of aromatic amines is 1. The summed E-state index contributed by atoms with van der Waals surface area (Å²) >= 11 is 5.93. The van der Waals surface area contributed by atoms with E-state index in [-0.39, 0.29) is 28.0 Å². The summed E-state index contributed by atoms with van der Waals surface area (Å²) in [6.07, 6.45) is -3.89. The van der Waals surface area contributed by atoms with Crippen LogP contribution in [0.1, 0.15) is 17.7 Å². The molecule has 3 rings (SSSR count). The third-order valence-electron chi connectivity index (χ3n) is 3.54. The zero-order valence-corrected chi connectivity index (χ0v) is 12.6. The molecule has 0 atom stereocenters. The fourth-order valence-electron chi connectivity index (χ4n) is 2.51.